The Morgan fingerprint density at radius 2 is 1.71 bits per heavy atom. The van der Waals surface area contributed by atoms with Crippen LogP contribution in [0.25, 0.3) is 0 Å². The molecule has 2 heterocycles. The van der Waals surface area contributed by atoms with Gasteiger partial charge in [-0.1, -0.05) is 48.5 Å². The average molecular weight is 316 g/mol. The third-order valence-corrected chi connectivity index (χ3v) is 4.29. The van der Waals surface area contributed by atoms with Crippen molar-refractivity contribution < 1.29 is 4.74 Å². The predicted molar refractivity (Wildman–Crippen MR) is 95.4 cm³/mol. The molecule has 2 aromatic carbocycles. The molecule has 1 N–H and O–H groups in total. The van der Waals surface area contributed by atoms with Crippen molar-refractivity contribution >= 4 is 0 Å². The summed E-state index contributed by atoms with van der Waals surface area (Å²) >= 11 is 0. The number of nitrogens with zero attached hydrogens (tertiary/aromatic N) is 1. The maximum atomic E-state index is 6.11. The average Bonchev–Trinajstić information content (AvgIpc) is 2.64. The summed E-state index contributed by atoms with van der Waals surface area (Å²) in [6.45, 7) is 1.82. The van der Waals surface area contributed by atoms with Crippen molar-refractivity contribution in [1.82, 2.24) is 10.3 Å². The lowest BCUT2D eigenvalue weighted by atomic mass is 10.00. The van der Waals surface area contributed by atoms with Crippen LogP contribution in [0.5, 0.6) is 11.6 Å². The number of aromatic nitrogens is 1. The van der Waals surface area contributed by atoms with Crippen LogP contribution in [0, 0.1) is 0 Å². The van der Waals surface area contributed by atoms with E-state index < -0.39 is 0 Å². The normalized spacial score (nSPS) is 13.3. The van der Waals surface area contributed by atoms with Gasteiger partial charge in [-0.15, -0.1) is 0 Å². The molecule has 0 radical (unpaired) electrons. The Hall–Kier alpha value is -2.65. The topological polar surface area (TPSA) is 34.1 Å². The Bertz CT molecular complexity index is 746. The molecule has 3 aromatic rings. The van der Waals surface area contributed by atoms with Gasteiger partial charge in [0.05, 0.1) is 5.69 Å². The van der Waals surface area contributed by atoms with Crippen molar-refractivity contribution in [2.75, 3.05) is 6.54 Å². The van der Waals surface area contributed by atoms with Crippen LogP contribution in [-0.2, 0) is 19.4 Å². The second-order valence-corrected chi connectivity index (χ2v) is 6.06. The first-order chi connectivity index (χ1) is 11.9. The van der Waals surface area contributed by atoms with Crippen molar-refractivity contribution in [3.8, 4) is 11.6 Å². The Labute approximate surface area is 142 Å². The van der Waals surface area contributed by atoms with Gasteiger partial charge in [0.1, 0.15) is 5.75 Å². The fourth-order valence-electron chi connectivity index (χ4n) is 3.05. The molecule has 1 aromatic heterocycles. The molecular weight excluding hydrogens is 296 g/mol. The summed E-state index contributed by atoms with van der Waals surface area (Å²) in [5.74, 6) is 1.54. The van der Waals surface area contributed by atoms with E-state index in [0.717, 1.165) is 42.9 Å². The van der Waals surface area contributed by atoms with Crippen LogP contribution in [0.4, 0.5) is 0 Å². The zero-order valence-corrected chi connectivity index (χ0v) is 13.5. The molecule has 0 saturated heterocycles. The number of fused-ring (bicyclic) bond motifs is 1. The van der Waals surface area contributed by atoms with Gasteiger partial charge in [-0.05, 0) is 42.3 Å². The van der Waals surface area contributed by atoms with Crippen molar-refractivity contribution in [3.63, 3.8) is 0 Å². The second-order valence-electron chi connectivity index (χ2n) is 6.06. The smallest absolute Gasteiger partial charge is 0.223 e. The number of para-hydroxylation sites is 1. The fraction of sp³-hybridized carbons (Fsp3) is 0.190. The summed E-state index contributed by atoms with van der Waals surface area (Å²) in [5.41, 5.74) is 4.85. The van der Waals surface area contributed by atoms with Gasteiger partial charge in [0, 0.05) is 18.5 Å². The summed E-state index contributed by atoms with van der Waals surface area (Å²) < 4.78 is 6.11. The number of rotatable bonds is 4. The van der Waals surface area contributed by atoms with Gasteiger partial charge in [-0.3, -0.25) is 0 Å². The van der Waals surface area contributed by atoms with E-state index in [9.17, 15) is 0 Å². The fourth-order valence-corrected chi connectivity index (χ4v) is 3.05. The zero-order chi connectivity index (χ0) is 16.2. The standard InChI is InChI=1S/C21H20N2O/c1-3-7-16(8-4-1)13-18-14-17-11-12-22-15-20(17)23-21(18)24-19-9-5-2-6-10-19/h1-10,14,22H,11-13,15H2. The molecule has 24 heavy (non-hydrogen) atoms. The first kappa shape index (κ1) is 14.9. The van der Waals surface area contributed by atoms with Crippen molar-refractivity contribution in [3.05, 3.63) is 89.1 Å². The monoisotopic (exact) mass is 316 g/mol. The van der Waals surface area contributed by atoms with Crippen LogP contribution in [0.1, 0.15) is 22.4 Å². The predicted octanol–water partition coefficient (Wildman–Crippen LogP) is 4.11. The second kappa shape index (κ2) is 6.85. The first-order valence-corrected chi connectivity index (χ1v) is 8.38. The molecule has 0 aliphatic carbocycles. The lowest BCUT2D eigenvalue weighted by Gasteiger charge is -2.20. The minimum Gasteiger partial charge on any atom is -0.439 e. The largest absolute Gasteiger partial charge is 0.439 e. The highest BCUT2D eigenvalue weighted by Crippen LogP contribution is 2.28. The van der Waals surface area contributed by atoms with Crippen LogP contribution in [0.15, 0.2) is 66.7 Å². The molecule has 0 unspecified atom stereocenters. The van der Waals surface area contributed by atoms with Crippen molar-refractivity contribution in [2.24, 2.45) is 0 Å². The molecule has 0 fully saturated rings. The van der Waals surface area contributed by atoms with Crippen LogP contribution < -0.4 is 10.1 Å². The zero-order valence-electron chi connectivity index (χ0n) is 13.5. The third-order valence-electron chi connectivity index (χ3n) is 4.29. The van der Waals surface area contributed by atoms with E-state index in [2.05, 4.69) is 35.6 Å². The molecule has 0 bridgehead atoms. The maximum absolute atomic E-state index is 6.11. The Morgan fingerprint density at radius 3 is 2.50 bits per heavy atom. The van der Waals surface area contributed by atoms with Gasteiger partial charge in [0.15, 0.2) is 0 Å². The molecule has 0 atom stereocenters. The Balaban J connectivity index is 1.71. The molecular formula is C21H20N2O. The number of ether oxygens (including phenoxy) is 1. The van der Waals surface area contributed by atoms with E-state index in [1.807, 2.05) is 36.4 Å². The van der Waals surface area contributed by atoms with E-state index in [-0.39, 0.29) is 0 Å². The lowest BCUT2D eigenvalue weighted by Crippen LogP contribution is -2.25. The summed E-state index contributed by atoms with van der Waals surface area (Å²) in [6.07, 6.45) is 1.85. The molecule has 1 aliphatic heterocycles. The van der Waals surface area contributed by atoms with Crippen LogP contribution in [-0.4, -0.2) is 11.5 Å². The summed E-state index contributed by atoms with van der Waals surface area (Å²) in [7, 11) is 0. The number of benzene rings is 2. The Morgan fingerprint density at radius 1 is 0.958 bits per heavy atom. The molecule has 120 valence electrons. The van der Waals surface area contributed by atoms with Crippen LogP contribution in [0.3, 0.4) is 0 Å². The van der Waals surface area contributed by atoms with E-state index in [1.165, 1.54) is 11.1 Å². The Kier molecular flexibility index (Phi) is 4.26. The SMILES string of the molecule is c1ccc(Cc2cc3c(nc2Oc2ccccc2)CNCC3)cc1. The highest BCUT2D eigenvalue weighted by atomic mass is 16.5. The number of hydrogen-bond acceptors (Lipinski definition) is 3. The molecule has 3 heteroatoms. The van der Waals surface area contributed by atoms with E-state index in [4.69, 9.17) is 9.72 Å². The molecule has 0 saturated carbocycles. The van der Waals surface area contributed by atoms with Crippen LogP contribution in [0.2, 0.25) is 0 Å². The summed E-state index contributed by atoms with van der Waals surface area (Å²) in [6, 6.07) is 22.6. The number of nitrogens with one attached hydrogen (secondary N) is 1. The van der Waals surface area contributed by atoms with Crippen LogP contribution >= 0.6 is 0 Å². The minimum absolute atomic E-state index is 0.715. The molecule has 3 nitrogen and oxygen atoms in total. The van der Waals surface area contributed by atoms with Crippen molar-refractivity contribution in [2.45, 2.75) is 19.4 Å². The van der Waals surface area contributed by atoms with Gasteiger partial charge < -0.3 is 10.1 Å². The molecule has 0 spiro atoms. The highest BCUT2D eigenvalue weighted by molar-refractivity contribution is 5.41. The first-order valence-electron chi connectivity index (χ1n) is 8.38. The van der Waals surface area contributed by atoms with E-state index in [1.54, 1.807) is 0 Å². The van der Waals surface area contributed by atoms with Gasteiger partial charge in [-0.2, -0.15) is 0 Å². The van der Waals surface area contributed by atoms with Gasteiger partial charge in [0.2, 0.25) is 5.88 Å². The summed E-state index contributed by atoms with van der Waals surface area (Å²) in [5, 5.41) is 3.38. The van der Waals surface area contributed by atoms with Crippen molar-refractivity contribution in [1.29, 1.82) is 0 Å². The lowest BCUT2D eigenvalue weighted by molar-refractivity contribution is 0.451. The number of hydrogen-bond donors (Lipinski definition) is 1. The third kappa shape index (κ3) is 3.31. The summed E-state index contributed by atoms with van der Waals surface area (Å²) in [4.78, 5) is 4.82. The quantitative estimate of drug-likeness (QED) is 0.786. The van der Waals surface area contributed by atoms with Gasteiger partial charge in [-0.25, -0.2) is 4.98 Å². The van der Waals surface area contributed by atoms with E-state index in [0.29, 0.717) is 5.88 Å². The van der Waals surface area contributed by atoms with Gasteiger partial charge >= 0.3 is 0 Å². The number of pyridine rings is 1. The molecule has 4 rings (SSSR count). The van der Waals surface area contributed by atoms with E-state index >= 15 is 0 Å². The molecule has 0 amide bonds. The minimum atomic E-state index is 0.715. The highest BCUT2D eigenvalue weighted by Gasteiger charge is 2.16. The van der Waals surface area contributed by atoms with Gasteiger partial charge in [0.25, 0.3) is 0 Å². The molecule has 1 aliphatic rings. The maximum Gasteiger partial charge on any atom is 0.223 e.